The summed E-state index contributed by atoms with van der Waals surface area (Å²) in [6.45, 7) is 4.35. The lowest BCUT2D eigenvalue weighted by Crippen LogP contribution is -2.45. The maximum absolute atomic E-state index is 11.0. The van der Waals surface area contributed by atoms with Crippen molar-refractivity contribution in [3.63, 3.8) is 0 Å². The molecule has 0 spiro atoms. The molecular weight excluding hydrogens is 262 g/mol. The molecule has 1 saturated carbocycles. The van der Waals surface area contributed by atoms with E-state index < -0.39 is 10.0 Å². The Kier molecular flexibility index (Phi) is 4.27. The van der Waals surface area contributed by atoms with Crippen LogP contribution in [-0.2, 0) is 10.0 Å². The van der Waals surface area contributed by atoms with E-state index in [9.17, 15) is 8.42 Å². The van der Waals surface area contributed by atoms with Crippen molar-refractivity contribution in [1.29, 1.82) is 0 Å². The van der Waals surface area contributed by atoms with E-state index in [4.69, 9.17) is 4.74 Å². The zero-order valence-corrected chi connectivity index (χ0v) is 11.8. The first kappa shape index (κ1) is 14.1. The summed E-state index contributed by atoms with van der Waals surface area (Å²) < 4.78 is 30.4. The van der Waals surface area contributed by atoms with E-state index in [0.717, 1.165) is 24.2 Å². The van der Waals surface area contributed by atoms with Crippen molar-refractivity contribution in [2.45, 2.75) is 18.9 Å². The Balaban J connectivity index is 1.75. The number of hydrogen-bond acceptors (Lipinski definition) is 3. The van der Waals surface area contributed by atoms with E-state index in [0.29, 0.717) is 12.5 Å². The molecule has 2 rings (SSSR count). The van der Waals surface area contributed by atoms with Crippen molar-refractivity contribution in [2.75, 3.05) is 12.9 Å². The highest BCUT2D eigenvalue weighted by Gasteiger charge is 2.31. The minimum Gasteiger partial charge on any atom is -0.493 e. The molecule has 1 aromatic carbocycles. The highest BCUT2D eigenvalue weighted by Crippen LogP contribution is 2.28. The molecule has 0 unspecified atom stereocenters. The number of nitrogens with one attached hydrogen (secondary N) is 1. The molecular formula is C14H19NO3S. The molecule has 4 nitrogen and oxygen atoms in total. The second-order valence-electron chi connectivity index (χ2n) is 5.01. The number of sulfonamides is 1. The first-order valence-corrected chi connectivity index (χ1v) is 8.18. The van der Waals surface area contributed by atoms with E-state index >= 15 is 0 Å². The lowest BCUT2D eigenvalue weighted by atomic mass is 9.81. The normalized spacial score (nSPS) is 22.6. The van der Waals surface area contributed by atoms with Crippen LogP contribution < -0.4 is 9.46 Å². The third-order valence-electron chi connectivity index (χ3n) is 3.20. The van der Waals surface area contributed by atoms with E-state index in [-0.39, 0.29) is 6.04 Å². The van der Waals surface area contributed by atoms with Crippen LogP contribution in [0.1, 0.15) is 18.4 Å². The largest absolute Gasteiger partial charge is 0.493 e. The Labute approximate surface area is 114 Å². The lowest BCUT2D eigenvalue weighted by molar-refractivity contribution is 0.152. The van der Waals surface area contributed by atoms with Crippen LogP contribution in [0.3, 0.4) is 0 Å². The van der Waals surface area contributed by atoms with Crippen LogP contribution in [0.2, 0.25) is 0 Å². The van der Waals surface area contributed by atoms with Gasteiger partial charge in [0.05, 0.1) is 12.9 Å². The zero-order chi connectivity index (χ0) is 13.9. The van der Waals surface area contributed by atoms with Crippen LogP contribution in [0.5, 0.6) is 5.75 Å². The fraction of sp³-hybridized carbons (Fsp3) is 0.429. The maximum Gasteiger partial charge on any atom is 0.208 e. The molecule has 5 heteroatoms. The van der Waals surface area contributed by atoms with Gasteiger partial charge in [0.2, 0.25) is 10.0 Å². The van der Waals surface area contributed by atoms with Crippen molar-refractivity contribution in [3.05, 3.63) is 36.4 Å². The summed E-state index contributed by atoms with van der Waals surface area (Å²) in [6.07, 6.45) is 4.66. The number of ether oxygens (including phenoxy) is 1. The van der Waals surface area contributed by atoms with Crippen LogP contribution >= 0.6 is 0 Å². The van der Waals surface area contributed by atoms with Crippen LogP contribution in [0.25, 0.3) is 6.08 Å². The van der Waals surface area contributed by atoms with E-state index in [1.165, 1.54) is 6.26 Å². The zero-order valence-electron chi connectivity index (χ0n) is 11.0. The summed E-state index contributed by atoms with van der Waals surface area (Å²) in [5, 5.41) is 0. The molecule has 1 fully saturated rings. The summed E-state index contributed by atoms with van der Waals surface area (Å²) >= 11 is 0. The average Bonchev–Trinajstić information content (AvgIpc) is 2.31. The average molecular weight is 281 g/mol. The summed E-state index contributed by atoms with van der Waals surface area (Å²) in [6, 6.07) is 7.83. The highest BCUT2D eigenvalue weighted by atomic mass is 32.2. The van der Waals surface area contributed by atoms with Gasteiger partial charge in [0.15, 0.2) is 0 Å². The standard InChI is InChI=1S/C14H19NO3S/c1-3-11-5-4-6-14(9-11)18-10-12-7-13(8-12)15-19(2,16)17/h3-6,9,12-13,15H,1,7-8,10H2,2H3. The molecule has 0 aromatic heterocycles. The predicted octanol–water partition coefficient (Wildman–Crippen LogP) is 2.04. The Hall–Kier alpha value is -1.33. The van der Waals surface area contributed by atoms with Gasteiger partial charge in [-0.15, -0.1) is 0 Å². The number of rotatable bonds is 6. The van der Waals surface area contributed by atoms with Crippen LogP contribution in [0, 0.1) is 5.92 Å². The Morgan fingerprint density at radius 1 is 1.47 bits per heavy atom. The minimum absolute atomic E-state index is 0.0723. The molecule has 0 saturated heterocycles. The monoisotopic (exact) mass is 281 g/mol. The SMILES string of the molecule is C=Cc1cccc(OCC2CC(NS(C)(=O)=O)C2)c1. The van der Waals surface area contributed by atoms with E-state index in [1.54, 1.807) is 6.08 Å². The fourth-order valence-electron chi connectivity index (χ4n) is 2.22. The van der Waals surface area contributed by atoms with E-state index in [1.807, 2.05) is 24.3 Å². The molecule has 0 heterocycles. The molecule has 1 aromatic rings. The summed E-state index contributed by atoms with van der Waals surface area (Å²) in [5.74, 6) is 1.25. The third-order valence-corrected chi connectivity index (χ3v) is 3.96. The van der Waals surface area contributed by atoms with Crippen molar-refractivity contribution in [2.24, 2.45) is 5.92 Å². The molecule has 1 N–H and O–H groups in total. The van der Waals surface area contributed by atoms with Gasteiger partial charge in [-0.25, -0.2) is 13.1 Å². The van der Waals surface area contributed by atoms with Gasteiger partial charge in [-0.2, -0.15) is 0 Å². The van der Waals surface area contributed by atoms with Gasteiger partial charge in [-0.3, -0.25) is 0 Å². The fourth-order valence-corrected chi connectivity index (χ4v) is 3.01. The van der Waals surface area contributed by atoms with Gasteiger partial charge < -0.3 is 4.74 Å². The van der Waals surface area contributed by atoms with Gasteiger partial charge in [0.1, 0.15) is 5.75 Å². The topological polar surface area (TPSA) is 55.4 Å². The minimum atomic E-state index is -3.09. The Morgan fingerprint density at radius 3 is 2.84 bits per heavy atom. The van der Waals surface area contributed by atoms with Gasteiger partial charge in [0.25, 0.3) is 0 Å². The molecule has 0 atom stereocenters. The van der Waals surface area contributed by atoms with Crippen molar-refractivity contribution in [1.82, 2.24) is 4.72 Å². The quantitative estimate of drug-likeness (QED) is 0.868. The number of benzene rings is 1. The smallest absolute Gasteiger partial charge is 0.208 e. The lowest BCUT2D eigenvalue weighted by Gasteiger charge is -2.34. The van der Waals surface area contributed by atoms with Gasteiger partial charge in [-0.05, 0) is 36.5 Å². The third kappa shape index (κ3) is 4.36. The van der Waals surface area contributed by atoms with Gasteiger partial charge in [-0.1, -0.05) is 24.8 Å². The highest BCUT2D eigenvalue weighted by molar-refractivity contribution is 7.88. The van der Waals surface area contributed by atoms with Crippen LogP contribution in [-0.4, -0.2) is 27.3 Å². The molecule has 104 valence electrons. The molecule has 0 amide bonds. The number of hydrogen-bond donors (Lipinski definition) is 1. The first-order valence-electron chi connectivity index (χ1n) is 6.29. The van der Waals surface area contributed by atoms with Crippen molar-refractivity contribution in [3.8, 4) is 5.75 Å². The predicted molar refractivity (Wildman–Crippen MR) is 76.5 cm³/mol. The van der Waals surface area contributed by atoms with Crippen LogP contribution in [0.15, 0.2) is 30.8 Å². The second-order valence-corrected chi connectivity index (χ2v) is 6.79. The summed E-state index contributed by atoms with van der Waals surface area (Å²) in [7, 11) is -3.09. The molecule has 1 aliphatic carbocycles. The summed E-state index contributed by atoms with van der Waals surface area (Å²) in [4.78, 5) is 0. The van der Waals surface area contributed by atoms with Gasteiger partial charge in [0, 0.05) is 6.04 Å². The molecule has 1 aliphatic rings. The molecule has 0 radical (unpaired) electrons. The first-order chi connectivity index (χ1) is 8.96. The molecule has 0 bridgehead atoms. The van der Waals surface area contributed by atoms with Gasteiger partial charge >= 0.3 is 0 Å². The van der Waals surface area contributed by atoms with E-state index in [2.05, 4.69) is 11.3 Å². The van der Waals surface area contributed by atoms with Crippen LogP contribution in [0.4, 0.5) is 0 Å². The molecule has 0 aliphatic heterocycles. The Morgan fingerprint density at radius 2 is 2.21 bits per heavy atom. The van der Waals surface area contributed by atoms with Crippen molar-refractivity contribution >= 4 is 16.1 Å². The summed E-state index contributed by atoms with van der Waals surface area (Å²) in [5.41, 5.74) is 1.03. The second kappa shape index (κ2) is 5.75. The maximum atomic E-state index is 11.0. The Bertz CT molecular complexity index is 548. The van der Waals surface area contributed by atoms with Crippen molar-refractivity contribution < 1.29 is 13.2 Å². The molecule has 19 heavy (non-hydrogen) atoms.